The summed E-state index contributed by atoms with van der Waals surface area (Å²) in [6.07, 6.45) is 0.532. The molecule has 2 amide bonds. The van der Waals surface area contributed by atoms with E-state index in [1.54, 1.807) is 16.8 Å². The number of aromatic nitrogens is 2. The number of benzene rings is 2. The molecule has 1 aliphatic rings. The molecule has 0 unspecified atom stereocenters. The highest BCUT2D eigenvalue weighted by Crippen LogP contribution is 2.25. The van der Waals surface area contributed by atoms with E-state index in [2.05, 4.69) is 31.2 Å². The summed E-state index contributed by atoms with van der Waals surface area (Å²) in [5, 5.41) is 13.4. The molecule has 2 aromatic carbocycles. The van der Waals surface area contributed by atoms with Gasteiger partial charge in [0.2, 0.25) is 5.91 Å². The van der Waals surface area contributed by atoms with Crippen LogP contribution in [0, 0.1) is 0 Å². The first-order chi connectivity index (χ1) is 15.3. The molecule has 1 aliphatic heterocycles. The van der Waals surface area contributed by atoms with Crippen LogP contribution in [0.15, 0.2) is 71.8 Å². The molecule has 164 valence electrons. The van der Waals surface area contributed by atoms with Crippen molar-refractivity contribution in [3.8, 4) is 0 Å². The van der Waals surface area contributed by atoms with Crippen LogP contribution in [0.3, 0.4) is 0 Å². The minimum absolute atomic E-state index is 0.128. The van der Waals surface area contributed by atoms with Crippen LogP contribution in [-0.2, 0) is 21.5 Å². The van der Waals surface area contributed by atoms with E-state index in [1.807, 2.05) is 54.6 Å². The average Bonchev–Trinajstić information content (AvgIpc) is 3.18. The van der Waals surface area contributed by atoms with Gasteiger partial charge in [-0.1, -0.05) is 69.3 Å². The molecule has 0 spiro atoms. The number of carbonyl (C=O) groups is 2. The van der Waals surface area contributed by atoms with Gasteiger partial charge in [-0.25, -0.2) is 9.69 Å². The van der Waals surface area contributed by atoms with Crippen molar-refractivity contribution in [3.05, 3.63) is 78.0 Å². The standard InChI is InChI=1S/C25H27N5O2/c1-25(2,3)21-16-22(29(28-21)17-18-10-6-4-7-11-18)26-24(32)20-14-15-23(31)30(27-20)19-12-8-5-9-13-19/h4-13,16H,14-15,17H2,1-3H3,(H,26,32). The monoisotopic (exact) mass is 429 g/mol. The van der Waals surface area contributed by atoms with Gasteiger partial charge in [-0.15, -0.1) is 0 Å². The summed E-state index contributed by atoms with van der Waals surface area (Å²) in [4.78, 5) is 25.5. The summed E-state index contributed by atoms with van der Waals surface area (Å²) in [7, 11) is 0. The van der Waals surface area contributed by atoms with Gasteiger partial charge in [0.25, 0.3) is 5.91 Å². The third-order valence-corrected chi connectivity index (χ3v) is 5.26. The lowest BCUT2D eigenvalue weighted by atomic mass is 9.92. The van der Waals surface area contributed by atoms with Crippen LogP contribution in [0.4, 0.5) is 11.5 Å². The number of anilines is 2. The molecular formula is C25H27N5O2. The number of hydrogen-bond acceptors (Lipinski definition) is 4. The second-order valence-corrected chi connectivity index (χ2v) is 8.85. The van der Waals surface area contributed by atoms with Crippen LogP contribution in [0.2, 0.25) is 0 Å². The number of hydrogen-bond donors (Lipinski definition) is 1. The number of rotatable bonds is 5. The van der Waals surface area contributed by atoms with Crippen molar-refractivity contribution in [2.45, 2.75) is 45.6 Å². The first-order valence-corrected chi connectivity index (χ1v) is 10.7. The van der Waals surface area contributed by atoms with Gasteiger partial charge in [0, 0.05) is 24.3 Å². The van der Waals surface area contributed by atoms with E-state index < -0.39 is 0 Å². The van der Waals surface area contributed by atoms with E-state index in [9.17, 15) is 9.59 Å². The van der Waals surface area contributed by atoms with Gasteiger partial charge in [0.15, 0.2) is 0 Å². The van der Waals surface area contributed by atoms with Crippen molar-refractivity contribution >= 4 is 29.0 Å². The van der Waals surface area contributed by atoms with Gasteiger partial charge < -0.3 is 5.32 Å². The summed E-state index contributed by atoms with van der Waals surface area (Å²) in [5.41, 5.74) is 2.77. The predicted molar refractivity (Wildman–Crippen MR) is 126 cm³/mol. The SMILES string of the molecule is CC(C)(C)c1cc(NC(=O)C2=NN(c3ccccc3)C(=O)CC2)n(Cc2ccccc2)n1. The maximum Gasteiger partial charge on any atom is 0.273 e. The maximum atomic E-state index is 13.1. The molecule has 0 fully saturated rings. The van der Waals surface area contributed by atoms with Crippen LogP contribution in [-0.4, -0.2) is 27.3 Å². The van der Waals surface area contributed by atoms with Crippen LogP contribution in [0.5, 0.6) is 0 Å². The van der Waals surface area contributed by atoms with Gasteiger partial charge >= 0.3 is 0 Å². The maximum absolute atomic E-state index is 13.1. The molecule has 3 aromatic rings. The molecule has 0 aliphatic carbocycles. The molecule has 1 aromatic heterocycles. The van der Waals surface area contributed by atoms with Gasteiger partial charge in [0.1, 0.15) is 11.5 Å². The number of hydrazone groups is 1. The van der Waals surface area contributed by atoms with Crippen molar-refractivity contribution in [3.63, 3.8) is 0 Å². The summed E-state index contributed by atoms with van der Waals surface area (Å²) in [6.45, 7) is 6.79. The zero-order chi connectivity index (χ0) is 22.7. The largest absolute Gasteiger partial charge is 0.306 e. The fourth-order valence-corrected chi connectivity index (χ4v) is 3.44. The molecule has 2 heterocycles. The fourth-order valence-electron chi connectivity index (χ4n) is 3.44. The Morgan fingerprint density at radius 3 is 2.31 bits per heavy atom. The van der Waals surface area contributed by atoms with E-state index in [-0.39, 0.29) is 23.7 Å². The smallest absolute Gasteiger partial charge is 0.273 e. The van der Waals surface area contributed by atoms with E-state index >= 15 is 0 Å². The van der Waals surface area contributed by atoms with Crippen LogP contribution in [0.1, 0.15) is 44.9 Å². The molecule has 0 saturated heterocycles. The second-order valence-electron chi connectivity index (χ2n) is 8.85. The number of amides is 2. The Bertz CT molecular complexity index is 1140. The van der Waals surface area contributed by atoms with Crippen molar-refractivity contribution in [1.29, 1.82) is 0 Å². The Morgan fingerprint density at radius 1 is 1.00 bits per heavy atom. The Hall–Kier alpha value is -3.74. The highest BCUT2D eigenvalue weighted by Gasteiger charge is 2.27. The lowest BCUT2D eigenvalue weighted by Crippen LogP contribution is -2.36. The fraction of sp³-hybridized carbons (Fsp3) is 0.280. The second kappa shape index (κ2) is 8.78. The Morgan fingerprint density at radius 2 is 1.66 bits per heavy atom. The number of nitrogens with zero attached hydrogens (tertiary/aromatic N) is 4. The molecule has 0 saturated carbocycles. The molecule has 0 radical (unpaired) electrons. The van der Waals surface area contributed by atoms with Gasteiger partial charge in [0.05, 0.1) is 17.9 Å². The number of carbonyl (C=O) groups excluding carboxylic acids is 2. The first kappa shape index (κ1) is 21.5. The molecule has 0 atom stereocenters. The molecule has 32 heavy (non-hydrogen) atoms. The Labute approximate surface area is 187 Å². The Balaban J connectivity index is 1.60. The van der Waals surface area contributed by atoms with Crippen molar-refractivity contribution < 1.29 is 9.59 Å². The van der Waals surface area contributed by atoms with Gasteiger partial charge in [-0.3, -0.25) is 9.59 Å². The van der Waals surface area contributed by atoms with E-state index in [1.165, 1.54) is 5.01 Å². The van der Waals surface area contributed by atoms with Crippen molar-refractivity contribution in [1.82, 2.24) is 9.78 Å². The highest BCUT2D eigenvalue weighted by atomic mass is 16.2. The molecule has 1 N–H and O–H groups in total. The van der Waals surface area contributed by atoms with Gasteiger partial charge in [-0.05, 0) is 17.7 Å². The van der Waals surface area contributed by atoms with Crippen LogP contribution >= 0.6 is 0 Å². The minimum atomic E-state index is -0.326. The normalized spacial score (nSPS) is 14.3. The van der Waals surface area contributed by atoms with E-state index in [4.69, 9.17) is 5.10 Å². The summed E-state index contributed by atoms with van der Waals surface area (Å²) < 4.78 is 1.80. The zero-order valence-electron chi connectivity index (χ0n) is 18.6. The lowest BCUT2D eigenvalue weighted by molar-refractivity contribution is -0.118. The zero-order valence-corrected chi connectivity index (χ0v) is 18.6. The van der Waals surface area contributed by atoms with Crippen LogP contribution < -0.4 is 10.3 Å². The quantitative estimate of drug-likeness (QED) is 0.655. The van der Waals surface area contributed by atoms with Crippen molar-refractivity contribution in [2.75, 3.05) is 10.3 Å². The van der Waals surface area contributed by atoms with Crippen molar-refractivity contribution in [2.24, 2.45) is 5.10 Å². The molecular weight excluding hydrogens is 402 g/mol. The lowest BCUT2D eigenvalue weighted by Gasteiger charge is -2.23. The Kier molecular flexibility index (Phi) is 5.90. The first-order valence-electron chi connectivity index (χ1n) is 10.7. The summed E-state index contributed by atoms with van der Waals surface area (Å²) in [5.74, 6) is 0.152. The molecule has 0 bridgehead atoms. The topological polar surface area (TPSA) is 79.6 Å². The van der Waals surface area contributed by atoms with Crippen LogP contribution in [0.25, 0.3) is 0 Å². The predicted octanol–water partition coefficient (Wildman–Crippen LogP) is 4.35. The number of nitrogens with one attached hydrogen (secondary N) is 1. The summed E-state index contributed by atoms with van der Waals surface area (Å²) in [6, 6.07) is 21.0. The van der Waals surface area contributed by atoms with E-state index in [0.717, 1.165) is 11.3 Å². The summed E-state index contributed by atoms with van der Waals surface area (Å²) >= 11 is 0. The van der Waals surface area contributed by atoms with E-state index in [0.29, 0.717) is 30.2 Å². The number of para-hydroxylation sites is 1. The third-order valence-electron chi connectivity index (χ3n) is 5.26. The molecule has 7 nitrogen and oxygen atoms in total. The highest BCUT2D eigenvalue weighted by molar-refractivity contribution is 6.44. The minimum Gasteiger partial charge on any atom is -0.306 e. The molecule has 4 rings (SSSR count). The average molecular weight is 430 g/mol. The van der Waals surface area contributed by atoms with Gasteiger partial charge in [-0.2, -0.15) is 10.2 Å². The molecule has 7 heteroatoms. The third kappa shape index (κ3) is 4.77.